The van der Waals surface area contributed by atoms with Crippen molar-refractivity contribution in [3.8, 4) is 0 Å². The lowest BCUT2D eigenvalue weighted by molar-refractivity contribution is -0.135. The molecule has 0 unspecified atom stereocenters. The van der Waals surface area contributed by atoms with Crippen LogP contribution in [0.1, 0.15) is 68.4 Å². The minimum Gasteiger partial charge on any atom is -0.338 e. The van der Waals surface area contributed by atoms with Crippen LogP contribution in [0.2, 0.25) is 0 Å². The van der Waals surface area contributed by atoms with Gasteiger partial charge in [-0.15, -0.1) is 0 Å². The zero-order chi connectivity index (χ0) is 16.2. The molecule has 1 aromatic rings. The average molecular weight is 315 g/mol. The number of rotatable bonds is 1. The Morgan fingerprint density at radius 3 is 2.57 bits per heavy atom. The molecule has 23 heavy (non-hydrogen) atoms. The Labute approximate surface area is 137 Å². The fraction of sp³-hybridized carbons (Fsp3) is 0.722. The number of aryl methyl sites for hydroxylation is 1. The van der Waals surface area contributed by atoms with E-state index in [0.717, 1.165) is 57.2 Å². The Balaban J connectivity index is 1.52. The van der Waals surface area contributed by atoms with Crippen LogP contribution in [0, 0.1) is 12.3 Å². The molecule has 2 aliphatic carbocycles. The topological polar surface area (TPSA) is 55.2 Å². The number of carbonyl (C=O) groups excluding carboxylic acids is 2. The number of hydrogen-bond donors (Lipinski definition) is 0. The second-order valence-electron chi connectivity index (χ2n) is 7.77. The molecular weight excluding hydrogens is 290 g/mol. The molecule has 0 bridgehead atoms. The zero-order valence-electron chi connectivity index (χ0n) is 14.1. The fourth-order valence-corrected chi connectivity index (χ4v) is 4.78. The standard InChI is InChI=1S/C18H25N3O2/c1-12-16-11-20(13(2)22)8-5-17(16)21(19-12)14-3-6-18(7-4-14)9-15(23)10-18/h14H,3-11H2,1-2H3. The molecule has 1 spiro atoms. The van der Waals surface area contributed by atoms with Crippen LogP contribution in [-0.4, -0.2) is 32.9 Å². The Hall–Kier alpha value is -1.65. The third-order valence-corrected chi connectivity index (χ3v) is 6.24. The van der Waals surface area contributed by atoms with Crippen LogP contribution in [0.3, 0.4) is 0 Å². The highest BCUT2D eigenvalue weighted by atomic mass is 16.2. The van der Waals surface area contributed by atoms with Crippen LogP contribution in [0.25, 0.3) is 0 Å². The number of Topliss-reactive ketones (excluding diaryl/α,β-unsaturated/α-hetero) is 1. The van der Waals surface area contributed by atoms with Gasteiger partial charge in [0, 0.05) is 50.5 Å². The van der Waals surface area contributed by atoms with Gasteiger partial charge in [0.1, 0.15) is 5.78 Å². The monoisotopic (exact) mass is 315 g/mol. The van der Waals surface area contributed by atoms with Crippen molar-refractivity contribution in [1.29, 1.82) is 0 Å². The van der Waals surface area contributed by atoms with Gasteiger partial charge >= 0.3 is 0 Å². The van der Waals surface area contributed by atoms with E-state index >= 15 is 0 Å². The number of ketones is 1. The van der Waals surface area contributed by atoms with Crippen LogP contribution in [0.4, 0.5) is 0 Å². The first-order chi connectivity index (χ1) is 11.0. The van der Waals surface area contributed by atoms with Gasteiger partial charge in [-0.3, -0.25) is 14.3 Å². The molecule has 0 N–H and O–H groups in total. The Bertz CT molecular complexity index is 658. The minimum atomic E-state index is 0.150. The molecule has 1 amide bonds. The summed E-state index contributed by atoms with van der Waals surface area (Å²) in [5.74, 6) is 0.595. The summed E-state index contributed by atoms with van der Waals surface area (Å²) in [6.45, 7) is 5.22. The number of aromatic nitrogens is 2. The highest BCUT2D eigenvalue weighted by Crippen LogP contribution is 2.52. The molecule has 0 radical (unpaired) electrons. The normalized spacial score (nSPS) is 23.7. The molecule has 2 heterocycles. The minimum absolute atomic E-state index is 0.150. The molecule has 0 atom stereocenters. The van der Waals surface area contributed by atoms with E-state index < -0.39 is 0 Å². The van der Waals surface area contributed by atoms with Gasteiger partial charge in [0.2, 0.25) is 5.91 Å². The van der Waals surface area contributed by atoms with Crippen molar-refractivity contribution in [3.63, 3.8) is 0 Å². The van der Waals surface area contributed by atoms with Gasteiger partial charge in [0.05, 0.1) is 11.7 Å². The number of nitrogens with zero attached hydrogens (tertiary/aromatic N) is 3. The van der Waals surface area contributed by atoms with Gasteiger partial charge in [0.25, 0.3) is 0 Å². The molecule has 2 saturated carbocycles. The van der Waals surface area contributed by atoms with Crippen LogP contribution in [0.15, 0.2) is 0 Å². The first-order valence-electron chi connectivity index (χ1n) is 8.81. The first kappa shape index (κ1) is 14.9. The number of hydrogen-bond acceptors (Lipinski definition) is 3. The van der Waals surface area contributed by atoms with E-state index in [2.05, 4.69) is 11.6 Å². The van der Waals surface area contributed by atoms with E-state index in [-0.39, 0.29) is 5.91 Å². The van der Waals surface area contributed by atoms with E-state index in [0.29, 0.717) is 23.8 Å². The van der Waals surface area contributed by atoms with Crippen LogP contribution in [-0.2, 0) is 22.6 Å². The predicted octanol–water partition coefficient (Wildman–Crippen LogP) is 2.56. The SMILES string of the molecule is CC(=O)N1CCc2c(c(C)nn2C2CCC3(CC2)CC(=O)C3)C1. The maximum absolute atomic E-state index is 11.6. The average Bonchev–Trinajstić information content (AvgIpc) is 2.83. The van der Waals surface area contributed by atoms with E-state index in [1.807, 2.05) is 4.90 Å². The molecule has 1 aliphatic heterocycles. The summed E-state index contributed by atoms with van der Waals surface area (Å²) < 4.78 is 2.26. The molecule has 5 heteroatoms. The van der Waals surface area contributed by atoms with E-state index in [1.165, 1.54) is 11.3 Å². The van der Waals surface area contributed by atoms with Crippen molar-refractivity contribution >= 4 is 11.7 Å². The third kappa shape index (κ3) is 2.41. The molecule has 5 nitrogen and oxygen atoms in total. The van der Waals surface area contributed by atoms with Crippen molar-refractivity contribution in [3.05, 3.63) is 17.0 Å². The van der Waals surface area contributed by atoms with Crippen molar-refractivity contribution < 1.29 is 9.59 Å². The summed E-state index contributed by atoms with van der Waals surface area (Å²) in [4.78, 5) is 24.9. The van der Waals surface area contributed by atoms with Crippen LogP contribution >= 0.6 is 0 Å². The number of amides is 1. The van der Waals surface area contributed by atoms with Crippen LogP contribution in [0.5, 0.6) is 0 Å². The second-order valence-corrected chi connectivity index (χ2v) is 7.77. The van der Waals surface area contributed by atoms with Crippen molar-refractivity contribution in [2.24, 2.45) is 5.41 Å². The molecule has 3 aliphatic rings. The summed E-state index contributed by atoms with van der Waals surface area (Å²) in [5.41, 5.74) is 4.00. The van der Waals surface area contributed by atoms with Gasteiger partial charge in [-0.05, 0) is 38.0 Å². The van der Waals surface area contributed by atoms with Gasteiger partial charge in [-0.25, -0.2) is 0 Å². The molecule has 2 fully saturated rings. The van der Waals surface area contributed by atoms with Crippen LogP contribution < -0.4 is 0 Å². The lowest BCUT2D eigenvalue weighted by Crippen LogP contribution is -2.41. The summed E-state index contributed by atoms with van der Waals surface area (Å²) in [6, 6.07) is 0.475. The smallest absolute Gasteiger partial charge is 0.219 e. The maximum Gasteiger partial charge on any atom is 0.219 e. The number of fused-ring (bicyclic) bond motifs is 1. The highest BCUT2D eigenvalue weighted by molar-refractivity contribution is 5.86. The largest absolute Gasteiger partial charge is 0.338 e. The molecule has 124 valence electrons. The maximum atomic E-state index is 11.6. The van der Waals surface area contributed by atoms with E-state index in [1.54, 1.807) is 6.92 Å². The van der Waals surface area contributed by atoms with Crippen molar-refractivity contribution in [2.45, 2.75) is 71.4 Å². The summed E-state index contributed by atoms with van der Waals surface area (Å²) in [7, 11) is 0. The van der Waals surface area contributed by atoms with Gasteiger partial charge in [-0.2, -0.15) is 5.10 Å². The lowest BCUT2D eigenvalue weighted by Gasteiger charge is -2.45. The highest BCUT2D eigenvalue weighted by Gasteiger charge is 2.46. The van der Waals surface area contributed by atoms with E-state index in [4.69, 9.17) is 5.10 Å². The summed E-state index contributed by atoms with van der Waals surface area (Å²) in [6.07, 6.45) is 7.13. The van der Waals surface area contributed by atoms with Gasteiger partial charge in [-0.1, -0.05) is 0 Å². The molecule has 0 saturated heterocycles. The summed E-state index contributed by atoms with van der Waals surface area (Å²) >= 11 is 0. The summed E-state index contributed by atoms with van der Waals surface area (Å²) in [5, 5.41) is 4.83. The quantitative estimate of drug-likeness (QED) is 0.800. The first-order valence-corrected chi connectivity index (χ1v) is 8.81. The Morgan fingerprint density at radius 2 is 1.96 bits per heavy atom. The second kappa shape index (κ2) is 5.18. The molecule has 0 aromatic carbocycles. The molecule has 1 aromatic heterocycles. The van der Waals surface area contributed by atoms with E-state index in [9.17, 15) is 9.59 Å². The molecule has 4 rings (SSSR count). The lowest BCUT2D eigenvalue weighted by atomic mass is 9.59. The predicted molar refractivity (Wildman–Crippen MR) is 85.9 cm³/mol. The van der Waals surface area contributed by atoms with Crippen molar-refractivity contribution in [1.82, 2.24) is 14.7 Å². The Morgan fingerprint density at radius 1 is 1.26 bits per heavy atom. The van der Waals surface area contributed by atoms with Crippen molar-refractivity contribution in [2.75, 3.05) is 6.54 Å². The number of carbonyl (C=O) groups is 2. The Kier molecular flexibility index (Phi) is 3.36. The van der Waals surface area contributed by atoms with Gasteiger partial charge < -0.3 is 4.90 Å². The molecular formula is C18H25N3O2. The van der Waals surface area contributed by atoms with Gasteiger partial charge in [0.15, 0.2) is 0 Å². The third-order valence-electron chi connectivity index (χ3n) is 6.24. The zero-order valence-corrected chi connectivity index (χ0v) is 14.1. The fourth-order valence-electron chi connectivity index (χ4n) is 4.78.